The van der Waals surface area contributed by atoms with Crippen molar-refractivity contribution in [2.24, 2.45) is 11.5 Å². The molecule has 6 N–H and O–H groups in total. The number of hydrogen-bond acceptors (Lipinski definition) is 1. The zero-order chi connectivity index (χ0) is 4.28. The SMILES string of the molecule is NCC(N)=[NH2+]. The zero-order valence-electron chi connectivity index (χ0n) is 2.94. The summed E-state index contributed by atoms with van der Waals surface area (Å²) < 4.78 is 0. The lowest BCUT2D eigenvalue weighted by atomic mass is 10.6. The first-order valence-electron chi connectivity index (χ1n) is 1.34. The Balaban J connectivity index is 2.85. The van der Waals surface area contributed by atoms with Gasteiger partial charge < -0.3 is 5.73 Å². The molecule has 0 bridgehead atoms. The molecule has 0 amide bonds. The van der Waals surface area contributed by atoms with Crippen LogP contribution in [0.3, 0.4) is 0 Å². The van der Waals surface area contributed by atoms with E-state index in [1.807, 2.05) is 0 Å². The summed E-state index contributed by atoms with van der Waals surface area (Å²) in [6, 6.07) is 0. The van der Waals surface area contributed by atoms with Crippen LogP contribution in [0.4, 0.5) is 0 Å². The molecule has 0 spiro atoms. The van der Waals surface area contributed by atoms with Crippen LogP contribution in [0.5, 0.6) is 0 Å². The van der Waals surface area contributed by atoms with Gasteiger partial charge in [-0.25, -0.2) is 0 Å². The molecule has 0 aromatic carbocycles. The Morgan fingerprint density at radius 1 is 1.80 bits per heavy atom. The summed E-state index contributed by atoms with van der Waals surface area (Å²) in [5.74, 6) is 0.282. The normalized spacial score (nSPS) is 7.40. The van der Waals surface area contributed by atoms with Crippen LogP contribution < -0.4 is 16.9 Å². The smallest absolute Gasteiger partial charge is 0.252 e. The Kier molecular flexibility index (Phi) is 1.53. The summed E-state index contributed by atoms with van der Waals surface area (Å²) in [5.41, 5.74) is 9.75. The average molecular weight is 74.1 g/mol. The molecular formula is C2H8N3+. The molecule has 3 nitrogen and oxygen atoms in total. The van der Waals surface area contributed by atoms with E-state index in [4.69, 9.17) is 16.9 Å². The molecule has 0 heterocycles. The molecule has 0 saturated heterocycles. The van der Waals surface area contributed by atoms with Crippen LogP contribution in [0.15, 0.2) is 0 Å². The predicted molar refractivity (Wildman–Crippen MR) is 20.2 cm³/mol. The quantitative estimate of drug-likeness (QED) is 0.230. The van der Waals surface area contributed by atoms with Crippen LogP contribution >= 0.6 is 0 Å². The number of rotatable bonds is 1. The van der Waals surface area contributed by atoms with Gasteiger partial charge in [0.05, 0.1) is 6.54 Å². The van der Waals surface area contributed by atoms with Gasteiger partial charge in [0, 0.05) is 0 Å². The molecule has 0 radical (unpaired) electrons. The average Bonchev–Trinajstić information content (AvgIpc) is 1.38. The third kappa shape index (κ3) is 3.43. The molecule has 0 unspecified atom stereocenters. The lowest BCUT2D eigenvalue weighted by molar-refractivity contribution is -0.116. The van der Waals surface area contributed by atoms with Crippen molar-refractivity contribution in [3.05, 3.63) is 0 Å². The lowest BCUT2D eigenvalue weighted by Gasteiger charge is -1.71. The van der Waals surface area contributed by atoms with E-state index in [1.165, 1.54) is 0 Å². The van der Waals surface area contributed by atoms with Gasteiger partial charge in [-0.15, -0.1) is 0 Å². The maximum atomic E-state index is 4.88. The molecule has 0 aromatic rings. The van der Waals surface area contributed by atoms with Gasteiger partial charge in [0.25, 0.3) is 5.84 Å². The minimum absolute atomic E-state index is 0.278. The highest BCUT2D eigenvalue weighted by molar-refractivity contribution is 5.75. The van der Waals surface area contributed by atoms with Gasteiger partial charge in [0.2, 0.25) is 0 Å². The summed E-state index contributed by atoms with van der Waals surface area (Å²) in [4.78, 5) is 0. The molecule has 30 valence electrons. The standard InChI is InChI=1S/C2H7N3/c3-1-2(4)5/h1,3H2,(H3,4,5)/p+1. The van der Waals surface area contributed by atoms with Gasteiger partial charge in [0.1, 0.15) is 0 Å². The Morgan fingerprint density at radius 3 is 2.00 bits per heavy atom. The third-order valence-electron chi connectivity index (χ3n) is 0.236. The Hall–Kier alpha value is -0.570. The molecule has 0 saturated carbocycles. The van der Waals surface area contributed by atoms with Crippen molar-refractivity contribution in [1.82, 2.24) is 0 Å². The number of nitrogens with two attached hydrogens (primary N) is 3. The van der Waals surface area contributed by atoms with Gasteiger partial charge in [-0.05, 0) is 0 Å². The highest BCUT2D eigenvalue weighted by atomic mass is 14.8. The maximum Gasteiger partial charge on any atom is 0.252 e. The Morgan fingerprint density at radius 2 is 2.00 bits per heavy atom. The van der Waals surface area contributed by atoms with Gasteiger partial charge in [0.15, 0.2) is 0 Å². The van der Waals surface area contributed by atoms with Crippen LogP contribution in [0.25, 0.3) is 0 Å². The molecule has 0 aromatic heterocycles. The molecule has 0 atom stereocenters. The van der Waals surface area contributed by atoms with Crippen molar-refractivity contribution in [3.8, 4) is 0 Å². The molecule has 3 heteroatoms. The van der Waals surface area contributed by atoms with Crippen molar-refractivity contribution in [1.29, 1.82) is 0 Å². The van der Waals surface area contributed by atoms with E-state index in [0.29, 0.717) is 0 Å². The van der Waals surface area contributed by atoms with E-state index in [2.05, 4.69) is 0 Å². The van der Waals surface area contributed by atoms with E-state index < -0.39 is 0 Å². The van der Waals surface area contributed by atoms with Gasteiger partial charge in [-0.2, -0.15) is 0 Å². The van der Waals surface area contributed by atoms with Gasteiger partial charge in [-0.1, -0.05) is 0 Å². The van der Waals surface area contributed by atoms with Crippen molar-refractivity contribution < 1.29 is 5.41 Å². The molecule has 0 fully saturated rings. The fourth-order valence-corrected chi connectivity index (χ4v) is 0. The van der Waals surface area contributed by atoms with Crippen molar-refractivity contribution in [2.45, 2.75) is 0 Å². The van der Waals surface area contributed by atoms with Crippen LogP contribution in [-0.4, -0.2) is 12.4 Å². The summed E-state index contributed by atoms with van der Waals surface area (Å²) in [5, 5.41) is 4.86. The highest BCUT2D eigenvalue weighted by Gasteiger charge is 1.79. The molecular weight excluding hydrogens is 66.0 g/mol. The van der Waals surface area contributed by atoms with Crippen LogP contribution in [0.2, 0.25) is 0 Å². The fraction of sp³-hybridized carbons (Fsp3) is 0.500. The zero-order valence-corrected chi connectivity index (χ0v) is 2.94. The second-order valence-corrected chi connectivity index (χ2v) is 0.779. The number of amidine groups is 1. The molecule has 0 aliphatic heterocycles. The summed E-state index contributed by atoms with van der Waals surface area (Å²) >= 11 is 0. The van der Waals surface area contributed by atoms with E-state index in [0.717, 1.165) is 0 Å². The summed E-state index contributed by atoms with van der Waals surface area (Å²) in [6.07, 6.45) is 0. The maximum absolute atomic E-state index is 4.88. The van der Waals surface area contributed by atoms with E-state index in [-0.39, 0.29) is 12.4 Å². The summed E-state index contributed by atoms with van der Waals surface area (Å²) in [7, 11) is 0. The predicted octanol–water partition coefficient (Wildman–Crippen LogP) is -2.94. The van der Waals surface area contributed by atoms with Crippen LogP contribution in [0, 0.1) is 0 Å². The number of hydrogen-bond donors (Lipinski definition) is 3. The van der Waals surface area contributed by atoms with Crippen LogP contribution in [0.1, 0.15) is 0 Å². The molecule has 0 aliphatic rings. The first-order chi connectivity index (χ1) is 2.27. The van der Waals surface area contributed by atoms with E-state index in [1.54, 1.807) is 0 Å². The van der Waals surface area contributed by atoms with E-state index in [9.17, 15) is 0 Å². The second kappa shape index (κ2) is 1.72. The highest BCUT2D eigenvalue weighted by Crippen LogP contribution is 1.27. The molecule has 5 heavy (non-hydrogen) atoms. The van der Waals surface area contributed by atoms with Crippen molar-refractivity contribution in [3.63, 3.8) is 0 Å². The minimum atomic E-state index is 0.278. The third-order valence-corrected chi connectivity index (χ3v) is 0.236. The largest absolute Gasteiger partial charge is 0.320 e. The molecule has 0 rings (SSSR count). The lowest BCUT2D eigenvalue weighted by Crippen LogP contribution is -2.49. The second-order valence-electron chi connectivity index (χ2n) is 0.779. The first-order valence-corrected chi connectivity index (χ1v) is 1.34. The summed E-state index contributed by atoms with van der Waals surface area (Å²) in [6.45, 7) is 0.278. The Bertz CT molecular complexity index is 40.2. The van der Waals surface area contributed by atoms with Crippen molar-refractivity contribution in [2.75, 3.05) is 6.54 Å². The van der Waals surface area contributed by atoms with Crippen molar-refractivity contribution >= 4 is 5.84 Å². The monoisotopic (exact) mass is 74.1 g/mol. The van der Waals surface area contributed by atoms with Gasteiger partial charge in [-0.3, -0.25) is 11.1 Å². The first kappa shape index (κ1) is 4.43. The topological polar surface area (TPSA) is 77.6 Å². The van der Waals surface area contributed by atoms with Gasteiger partial charge >= 0.3 is 0 Å². The minimum Gasteiger partial charge on any atom is -0.320 e. The Labute approximate surface area is 30.5 Å². The van der Waals surface area contributed by atoms with Crippen LogP contribution in [-0.2, 0) is 0 Å². The fourth-order valence-electron chi connectivity index (χ4n) is 0. The molecule has 0 aliphatic carbocycles. The van der Waals surface area contributed by atoms with E-state index >= 15 is 0 Å².